The van der Waals surface area contributed by atoms with Crippen molar-refractivity contribution < 1.29 is 4.79 Å². The van der Waals surface area contributed by atoms with Crippen LogP contribution in [-0.2, 0) is 4.79 Å². The molecule has 140 valence electrons. The Morgan fingerprint density at radius 3 is 2.83 bits per heavy atom. The second-order valence-electron chi connectivity index (χ2n) is 6.79. The van der Waals surface area contributed by atoms with E-state index in [-0.39, 0.29) is 5.91 Å². The molecule has 0 saturated carbocycles. The molecule has 1 amide bonds. The molecule has 6 nitrogen and oxygen atoms in total. The van der Waals surface area contributed by atoms with Gasteiger partial charge in [0.25, 0.3) is 0 Å². The summed E-state index contributed by atoms with van der Waals surface area (Å²) >= 11 is 0. The third-order valence-electron chi connectivity index (χ3n) is 4.86. The van der Waals surface area contributed by atoms with Crippen molar-refractivity contribution in [2.45, 2.75) is 6.92 Å². The van der Waals surface area contributed by atoms with Crippen molar-refractivity contribution in [2.75, 3.05) is 5.32 Å². The van der Waals surface area contributed by atoms with Crippen LogP contribution >= 0.6 is 0 Å². The molecule has 0 saturated heterocycles. The molecule has 6 heteroatoms. The minimum Gasteiger partial charge on any atom is -0.353 e. The van der Waals surface area contributed by atoms with Gasteiger partial charge >= 0.3 is 0 Å². The Morgan fingerprint density at radius 1 is 1.00 bits per heavy atom. The first-order chi connectivity index (χ1) is 14.2. The number of anilines is 1. The molecule has 0 unspecified atom stereocenters. The van der Waals surface area contributed by atoms with Gasteiger partial charge in [0.2, 0.25) is 5.91 Å². The van der Waals surface area contributed by atoms with Gasteiger partial charge in [0.05, 0.1) is 16.7 Å². The maximum atomic E-state index is 11.5. The first-order valence-corrected chi connectivity index (χ1v) is 9.24. The summed E-state index contributed by atoms with van der Waals surface area (Å²) in [6.45, 7) is 1.47. The smallest absolute Gasteiger partial charge is 0.222 e. The number of H-pyrrole nitrogens is 1. The number of benzene rings is 1. The lowest BCUT2D eigenvalue weighted by molar-refractivity contribution is -0.114. The van der Waals surface area contributed by atoms with E-state index >= 15 is 0 Å². The van der Waals surface area contributed by atoms with Crippen LogP contribution in [-0.4, -0.2) is 25.8 Å². The number of nitrogens with zero attached hydrogens (tertiary/aromatic N) is 3. The number of rotatable bonds is 3. The van der Waals surface area contributed by atoms with E-state index in [1.165, 1.54) is 6.92 Å². The Kier molecular flexibility index (Phi) is 4.02. The lowest BCUT2D eigenvalue weighted by atomic mass is 9.96. The molecule has 0 aliphatic heterocycles. The van der Waals surface area contributed by atoms with E-state index in [2.05, 4.69) is 37.4 Å². The van der Waals surface area contributed by atoms with Crippen molar-refractivity contribution in [2.24, 2.45) is 0 Å². The van der Waals surface area contributed by atoms with Crippen LogP contribution in [0, 0.1) is 0 Å². The number of pyridine rings is 3. The Morgan fingerprint density at radius 2 is 1.93 bits per heavy atom. The van der Waals surface area contributed by atoms with Crippen LogP contribution in [0.4, 0.5) is 5.82 Å². The van der Waals surface area contributed by atoms with Crippen LogP contribution in [0.25, 0.3) is 44.2 Å². The minimum absolute atomic E-state index is 0.159. The number of aromatic nitrogens is 4. The Labute approximate surface area is 166 Å². The molecule has 0 spiro atoms. The Hall–Kier alpha value is -4.06. The summed E-state index contributed by atoms with van der Waals surface area (Å²) in [6, 6.07) is 15.9. The zero-order chi connectivity index (χ0) is 19.8. The standard InChI is InChI=1S/C23H17N5O/c1-14(29)27-20-12-16(8-11-25-20)22-21(23-19(28-22)6-3-9-26-23)17-5-2-4-15-7-10-24-13-18(15)17/h2-13,28H,1H3,(H,25,27,29). The van der Waals surface area contributed by atoms with Crippen molar-refractivity contribution in [3.05, 3.63) is 73.3 Å². The van der Waals surface area contributed by atoms with Crippen molar-refractivity contribution >= 4 is 33.5 Å². The highest BCUT2D eigenvalue weighted by Gasteiger charge is 2.18. The molecule has 5 rings (SSSR count). The molecular formula is C23H17N5O. The van der Waals surface area contributed by atoms with Gasteiger partial charge in [0.15, 0.2) is 0 Å². The van der Waals surface area contributed by atoms with E-state index in [9.17, 15) is 4.79 Å². The molecule has 2 N–H and O–H groups in total. The number of amides is 1. The van der Waals surface area contributed by atoms with Gasteiger partial charge in [-0.2, -0.15) is 0 Å². The highest BCUT2D eigenvalue weighted by molar-refractivity contribution is 6.09. The zero-order valence-corrected chi connectivity index (χ0v) is 15.7. The third-order valence-corrected chi connectivity index (χ3v) is 4.86. The van der Waals surface area contributed by atoms with E-state index in [4.69, 9.17) is 0 Å². The van der Waals surface area contributed by atoms with Crippen LogP contribution < -0.4 is 5.32 Å². The van der Waals surface area contributed by atoms with Gasteiger partial charge in [-0.25, -0.2) is 4.98 Å². The molecule has 29 heavy (non-hydrogen) atoms. The fourth-order valence-corrected chi connectivity index (χ4v) is 3.67. The number of carbonyl (C=O) groups excluding carboxylic acids is 1. The maximum absolute atomic E-state index is 11.5. The van der Waals surface area contributed by atoms with Gasteiger partial charge in [-0.15, -0.1) is 0 Å². The van der Waals surface area contributed by atoms with Crippen LogP contribution in [0.1, 0.15) is 6.92 Å². The van der Waals surface area contributed by atoms with Crippen LogP contribution in [0.2, 0.25) is 0 Å². The van der Waals surface area contributed by atoms with Crippen molar-refractivity contribution in [3.8, 4) is 22.4 Å². The fourth-order valence-electron chi connectivity index (χ4n) is 3.67. The summed E-state index contributed by atoms with van der Waals surface area (Å²) in [5, 5.41) is 4.92. The van der Waals surface area contributed by atoms with Crippen LogP contribution in [0.15, 0.2) is 73.3 Å². The average Bonchev–Trinajstić information content (AvgIpc) is 3.12. The molecule has 0 bridgehead atoms. The summed E-state index contributed by atoms with van der Waals surface area (Å²) in [5.41, 5.74) is 5.71. The number of carbonyl (C=O) groups is 1. The van der Waals surface area contributed by atoms with E-state index in [1.807, 2.05) is 42.6 Å². The first-order valence-electron chi connectivity index (χ1n) is 9.24. The zero-order valence-electron chi connectivity index (χ0n) is 15.7. The largest absolute Gasteiger partial charge is 0.353 e. The number of hydrogen-bond acceptors (Lipinski definition) is 4. The number of hydrogen-bond donors (Lipinski definition) is 2. The summed E-state index contributed by atoms with van der Waals surface area (Å²) < 4.78 is 0. The molecule has 5 aromatic rings. The molecule has 0 atom stereocenters. The molecule has 0 radical (unpaired) electrons. The van der Waals surface area contributed by atoms with Gasteiger partial charge < -0.3 is 10.3 Å². The normalized spacial score (nSPS) is 11.1. The fraction of sp³-hybridized carbons (Fsp3) is 0.0435. The number of nitrogens with one attached hydrogen (secondary N) is 2. The first kappa shape index (κ1) is 17.1. The molecule has 0 fully saturated rings. The number of fused-ring (bicyclic) bond motifs is 2. The van der Waals surface area contributed by atoms with Gasteiger partial charge in [0, 0.05) is 48.2 Å². The van der Waals surface area contributed by atoms with Crippen molar-refractivity contribution in [1.29, 1.82) is 0 Å². The van der Waals surface area contributed by atoms with Crippen LogP contribution in [0.5, 0.6) is 0 Å². The monoisotopic (exact) mass is 379 g/mol. The summed E-state index contributed by atoms with van der Waals surface area (Å²) in [7, 11) is 0. The van der Waals surface area contributed by atoms with Crippen LogP contribution in [0.3, 0.4) is 0 Å². The number of aromatic amines is 1. The van der Waals surface area contributed by atoms with Crippen molar-refractivity contribution in [3.63, 3.8) is 0 Å². The molecule has 4 aromatic heterocycles. The summed E-state index contributed by atoms with van der Waals surface area (Å²) in [4.78, 5) is 28.2. The predicted molar refractivity (Wildman–Crippen MR) is 114 cm³/mol. The Bertz CT molecular complexity index is 1370. The highest BCUT2D eigenvalue weighted by Crippen LogP contribution is 2.40. The van der Waals surface area contributed by atoms with E-state index < -0.39 is 0 Å². The van der Waals surface area contributed by atoms with Crippen molar-refractivity contribution in [1.82, 2.24) is 19.9 Å². The SMILES string of the molecule is CC(=O)Nc1cc(-c2[nH]c3cccnc3c2-c2cccc3ccncc23)ccn1. The summed E-state index contributed by atoms with van der Waals surface area (Å²) in [6.07, 6.45) is 7.16. The van der Waals surface area contributed by atoms with E-state index in [0.717, 1.165) is 44.2 Å². The van der Waals surface area contributed by atoms with Gasteiger partial charge in [-0.3, -0.25) is 14.8 Å². The van der Waals surface area contributed by atoms with E-state index in [1.54, 1.807) is 18.6 Å². The Balaban J connectivity index is 1.81. The molecule has 0 aliphatic rings. The van der Waals surface area contributed by atoms with E-state index in [0.29, 0.717) is 5.82 Å². The quantitative estimate of drug-likeness (QED) is 0.472. The van der Waals surface area contributed by atoms with Gasteiger partial charge in [-0.1, -0.05) is 18.2 Å². The third kappa shape index (κ3) is 3.00. The average molecular weight is 379 g/mol. The topological polar surface area (TPSA) is 83.6 Å². The molecule has 4 heterocycles. The lowest BCUT2D eigenvalue weighted by Crippen LogP contribution is -2.07. The summed E-state index contributed by atoms with van der Waals surface area (Å²) in [5.74, 6) is 0.348. The lowest BCUT2D eigenvalue weighted by Gasteiger charge is -2.10. The second-order valence-corrected chi connectivity index (χ2v) is 6.79. The molecule has 0 aliphatic carbocycles. The molecule has 1 aromatic carbocycles. The highest BCUT2D eigenvalue weighted by atomic mass is 16.1. The maximum Gasteiger partial charge on any atom is 0.222 e. The molecular weight excluding hydrogens is 362 g/mol. The van der Waals surface area contributed by atoms with Gasteiger partial charge in [-0.05, 0) is 41.3 Å². The second kappa shape index (κ2) is 6.83. The predicted octanol–water partition coefficient (Wildman–Crippen LogP) is 4.80. The van der Waals surface area contributed by atoms with Gasteiger partial charge in [0.1, 0.15) is 5.82 Å². The minimum atomic E-state index is -0.159.